The van der Waals surface area contributed by atoms with Crippen molar-refractivity contribution in [3.05, 3.63) is 181 Å². The van der Waals surface area contributed by atoms with Crippen LogP contribution in [0, 0.1) is 11.3 Å². The smallest absolute Gasteiger partial charge is 0.165 e. The van der Waals surface area contributed by atoms with Gasteiger partial charge in [0, 0.05) is 53.6 Å². The second kappa shape index (κ2) is 14.5. The molecule has 10 aromatic rings. The number of benzene rings is 7. The van der Waals surface area contributed by atoms with Gasteiger partial charge in [0.2, 0.25) is 0 Å². The van der Waals surface area contributed by atoms with E-state index in [-0.39, 0.29) is 0 Å². The zero-order valence-electron chi connectivity index (χ0n) is 30.3. The van der Waals surface area contributed by atoms with E-state index in [2.05, 4.69) is 42.5 Å². The van der Waals surface area contributed by atoms with Crippen LogP contribution in [0.5, 0.6) is 0 Å². The third-order valence-electron chi connectivity index (χ3n) is 9.83. The van der Waals surface area contributed by atoms with Gasteiger partial charge in [0.1, 0.15) is 0 Å². The van der Waals surface area contributed by atoms with E-state index in [1.54, 1.807) is 11.3 Å². The Labute approximate surface area is 332 Å². The average molecular weight is 748 g/mol. The van der Waals surface area contributed by atoms with Crippen molar-refractivity contribution in [3.63, 3.8) is 0 Å². The van der Waals surface area contributed by atoms with Gasteiger partial charge in [-0.15, -0.1) is 11.3 Å². The minimum Gasteiger partial charge on any atom is -0.208 e. The summed E-state index contributed by atoms with van der Waals surface area (Å²) in [7, 11) is 0. The van der Waals surface area contributed by atoms with Crippen LogP contribution in [-0.4, -0.2) is 29.9 Å². The van der Waals surface area contributed by atoms with Crippen molar-refractivity contribution in [2.45, 2.75) is 0 Å². The van der Waals surface area contributed by atoms with Crippen molar-refractivity contribution < 1.29 is 0 Å². The number of nitrogens with zero attached hydrogens (tertiary/aromatic N) is 7. The molecule has 0 atom stereocenters. The third kappa shape index (κ3) is 6.59. The minimum absolute atomic E-state index is 0.579. The fourth-order valence-electron chi connectivity index (χ4n) is 6.97. The van der Waals surface area contributed by atoms with Crippen LogP contribution in [0.25, 0.3) is 99.6 Å². The summed E-state index contributed by atoms with van der Waals surface area (Å²) in [5.74, 6) is 3.64. The van der Waals surface area contributed by atoms with E-state index in [1.165, 1.54) is 0 Å². The van der Waals surface area contributed by atoms with Crippen LogP contribution in [0.3, 0.4) is 0 Å². The van der Waals surface area contributed by atoms with Crippen molar-refractivity contribution in [2.75, 3.05) is 0 Å². The van der Waals surface area contributed by atoms with Gasteiger partial charge in [-0.1, -0.05) is 152 Å². The highest BCUT2D eigenvalue weighted by Gasteiger charge is 2.18. The molecule has 7 nitrogen and oxygen atoms in total. The number of fused-ring (bicyclic) bond motifs is 3. The van der Waals surface area contributed by atoms with Crippen LogP contribution in [0.15, 0.2) is 176 Å². The normalized spacial score (nSPS) is 11.1. The quantitative estimate of drug-likeness (QED) is 0.160. The number of nitriles is 1. The second-order valence-corrected chi connectivity index (χ2v) is 14.5. The van der Waals surface area contributed by atoms with Gasteiger partial charge >= 0.3 is 0 Å². The Bertz CT molecular complexity index is 3060. The van der Waals surface area contributed by atoms with Gasteiger partial charge in [0.15, 0.2) is 34.9 Å². The lowest BCUT2D eigenvalue weighted by atomic mass is 10.0. The second-order valence-electron chi connectivity index (χ2n) is 13.5. The maximum atomic E-state index is 9.42. The van der Waals surface area contributed by atoms with E-state index in [4.69, 9.17) is 29.9 Å². The Balaban J connectivity index is 1.09. The van der Waals surface area contributed by atoms with E-state index in [9.17, 15) is 5.26 Å². The molecule has 0 saturated carbocycles. The molecule has 0 fully saturated rings. The van der Waals surface area contributed by atoms with Gasteiger partial charge in [-0.05, 0) is 35.4 Å². The van der Waals surface area contributed by atoms with Crippen molar-refractivity contribution in [1.82, 2.24) is 29.9 Å². The monoisotopic (exact) mass is 747 g/mol. The van der Waals surface area contributed by atoms with Crippen LogP contribution in [0.4, 0.5) is 0 Å². The molecule has 266 valence electrons. The number of thiophene rings is 1. The molecule has 7 aromatic carbocycles. The van der Waals surface area contributed by atoms with Gasteiger partial charge < -0.3 is 0 Å². The molecule has 0 radical (unpaired) electrons. The summed E-state index contributed by atoms with van der Waals surface area (Å²) in [5, 5.41) is 11.7. The number of rotatable bonds is 7. The third-order valence-corrected chi connectivity index (χ3v) is 11.0. The molecular formula is C49H29N7S. The molecule has 3 heterocycles. The van der Waals surface area contributed by atoms with Crippen LogP contribution >= 0.6 is 11.3 Å². The molecule has 0 spiro atoms. The first-order chi connectivity index (χ1) is 28.2. The Morgan fingerprint density at radius 2 is 0.807 bits per heavy atom. The summed E-state index contributed by atoms with van der Waals surface area (Å²) in [6.07, 6.45) is 0. The van der Waals surface area contributed by atoms with Gasteiger partial charge in [-0.2, -0.15) is 5.26 Å². The molecule has 0 aliphatic heterocycles. The van der Waals surface area contributed by atoms with E-state index in [1.807, 2.05) is 140 Å². The molecule has 0 bridgehead atoms. The lowest BCUT2D eigenvalue weighted by Crippen LogP contribution is -2.00. The van der Waals surface area contributed by atoms with E-state index in [0.717, 1.165) is 64.7 Å². The molecule has 0 N–H and O–H groups in total. The lowest BCUT2D eigenvalue weighted by Gasteiger charge is -2.10. The molecule has 10 rings (SSSR count). The molecule has 0 saturated heterocycles. The number of hydrogen-bond acceptors (Lipinski definition) is 8. The standard InChI is InChI=1S/C49H29N7S/c50-30-31-12-10-19-37(28-31)32-22-24-36(25-23-32)47-52-46(35-17-8-3-9-18-35)55-49(56-47)41-21-11-20-40-39-27-26-38(29-42(39)57-43(40)41)48-53-44(33-13-4-1-5-14-33)51-45(54-48)34-15-6-2-7-16-34/h1-29H. The maximum absolute atomic E-state index is 9.42. The summed E-state index contributed by atoms with van der Waals surface area (Å²) in [6, 6.07) is 60.7. The van der Waals surface area contributed by atoms with Crippen LogP contribution in [0.2, 0.25) is 0 Å². The SMILES string of the molecule is N#Cc1cccc(-c2ccc(-c3nc(-c4ccccc4)nc(-c4cccc5c4sc4cc(-c6nc(-c7ccccc7)nc(-c7ccccc7)n6)ccc45)n3)cc2)c1. The lowest BCUT2D eigenvalue weighted by molar-refractivity contribution is 1.07. The largest absolute Gasteiger partial charge is 0.208 e. The van der Waals surface area contributed by atoms with E-state index < -0.39 is 0 Å². The molecule has 0 unspecified atom stereocenters. The van der Waals surface area contributed by atoms with Gasteiger partial charge in [-0.3, -0.25) is 0 Å². The summed E-state index contributed by atoms with van der Waals surface area (Å²) in [4.78, 5) is 30.0. The highest BCUT2D eigenvalue weighted by molar-refractivity contribution is 7.26. The molecule has 57 heavy (non-hydrogen) atoms. The van der Waals surface area contributed by atoms with Crippen molar-refractivity contribution in [3.8, 4) is 85.5 Å². The molecule has 3 aromatic heterocycles. The zero-order chi connectivity index (χ0) is 38.1. The minimum atomic E-state index is 0.579. The number of hydrogen-bond donors (Lipinski definition) is 0. The molecule has 0 amide bonds. The van der Waals surface area contributed by atoms with Crippen molar-refractivity contribution in [1.29, 1.82) is 5.26 Å². The molecule has 8 heteroatoms. The zero-order valence-corrected chi connectivity index (χ0v) is 31.1. The topological polar surface area (TPSA) is 101 Å². The van der Waals surface area contributed by atoms with Crippen molar-refractivity contribution in [2.24, 2.45) is 0 Å². The first kappa shape index (κ1) is 33.8. The Morgan fingerprint density at radius 3 is 1.37 bits per heavy atom. The van der Waals surface area contributed by atoms with Crippen molar-refractivity contribution >= 4 is 31.5 Å². The first-order valence-corrected chi connectivity index (χ1v) is 19.2. The van der Waals surface area contributed by atoms with Gasteiger partial charge in [0.05, 0.1) is 11.6 Å². The predicted molar refractivity (Wildman–Crippen MR) is 229 cm³/mol. The fraction of sp³-hybridized carbons (Fsp3) is 0. The number of aromatic nitrogens is 6. The van der Waals surface area contributed by atoms with Crippen LogP contribution < -0.4 is 0 Å². The molecule has 0 aliphatic carbocycles. The Morgan fingerprint density at radius 1 is 0.351 bits per heavy atom. The molecular weight excluding hydrogens is 719 g/mol. The maximum Gasteiger partial charge on any atom is 0.165 e. The molecule has 0 aliphatic rings. The van der Waals surface area contributed by atoms with Gasteiger partial charge in [0.25, 0.3) is 0 Å². The highest BCUT2D eigenvalue weighted by atomic mass is 32.1. The summed E-state index contributed by atoms with van der Waals surface area (Å²) >= 11 is 1.70. The average Bonchev–Trinajstić information content (AvgIpc) is 3.68. The Kier molecular flexibility index (Phi) is 8.60. The van der Waals surface area contributed by atoms with E-state index in [0.29, 0.717) is 40.5 Å². The summed E-state index contributed by atoms with van der Waals surface area (Å²) in [6.45, 7) is 0. The van der Waals surface area contributed by atoms with Crippen LogP contribution in [-0.2, 0) is 0 Å². The summed E-state index contributed by atoms with van der Waals surface area (Å²) < 4.78 is 2.19. The fourth-order valence-corrected chi connectivity index (χ4v) is 8.22. The van der Waals surface area contributed by atoms with Gasteiger partial charge in [-0.25, -0.2) is 29.9 Å². The first-order valence-electron chi connectivity index (χ1n) is 18.4. The van der Waals surface area contributed by atoms with E-state index >= 15 is 0 Å². The Hall–Kier alpha value is -7.73. The highest BCUT2D eigenvalue weighted by Crippen LogP contribution is 2.41. The van der Waals surface area contributed by atoms with Crippen LogP contribution in [0.1, 0.15) is 5.56 Å². The predicted octanol–water partition coefficient (Wildman–Crippen LogP) is 12.0. The summed E-state index contributed by atoms with van der Waals surface area (Å²) in [5.41, 5.74) is 8.07.